The first kappa shape index (κ1) is 10.1. The SMILES string of the molecule is CC(C)OC(=O)CNc1ccsc1. The van der Waals surface area contributed by atoms with Gasteiger partial charge < -0.3 is 10.1 Å². The summed E-state index contributed by atoms with van der Waals surface area (Å²) in [6.45, 7) is 3.90. The molecule has 0 radical (unpaired) electrons. The van der Waals surface area contributed by atoms with Crippen LogP contribution in [-0.4, -0.2) is 18.6 Å². The van der Waals surface area contributed by atoms with Gasteiger partial charge in [-0.3, -0.25) is 4.79 Å². The maximum atomic E-state index is 11.1. The number of esters is 1. The molecule has 0 amide bonds. The molecule has 1 rings (SSSR count). The molecular formula is C9H13NO2S. The zero-order chi connectivity index (χ0) is 9.68. The van der Waals surface area contributed by atoms with Crippen molar-refractivity contribution in [1.82, 2.24) is 0 Å². The van der Waals surface area contributed by atoms with Crippen LogP contribution < -0.4 is 5.32 Å². The number of thiophene rings is 1. The topological polar surface area (TPSA) is 38.3 Å². The maximum absolute atomic E-state index is 11.1. The summed E-state index contributed by atoms with van der Waals surface area (Å²) in [6.07, 6.45) is -0.0447. The fourth-order valence-electron chi connectivity index (χ4n) is 0.844. The van der Waals surface area contributed by atoms with Gasteiger partial charge >= 0.3 is 5.97 Å². The highest BCUT2D eigenvalue weighted by Gasteiger charge is 2.04. The van der Waals surface area contributed by atoms with Crippen LogP contribution in [0, 0.1) is 0 Å². The summed E-state index contributed by atoms with van der Waals surface area (Å²) in [7, 11) is 0. The van der Waals surface area contributed by atoms with Gasteiger partial charge in [0.05, 0.1) is 6.10 Å². The summed E-state index contributed by atoms with van der Waals surface area (Å²) in [6, 6.07) is 1.92. The second-order valence-corrected chi connectivity index (χ2v) is 3.68. The minimum atomic E-state index is -0.221. The lowest BCUT2D eigenvalue weighted by atomic mass is 10.4. The molecule has 0 fully saturated rings. The average molecular weight is 199 g/mol. The Morgan fingerprint density at radius 2 is 2.46 bits per heavy atom. The highest BCUT2D eigenvalue weighted by molar-refractivity contribution is 7.08. The van der Waals surface area contributed by atoms with Crippen LogP contribution in [-0.2, 0) is 9.53 Å². The number of nitrogens with one attached hydrogen (secondary N) is 1. The van der Waals surface area contributed by atoms with Crippen molar-refractivity contribution in [2.45, 2.75) is 20.0 Å². The van der Waals surface area contributed by atoms with Gasteiger partial charge in [0.15, 0.2) is 0 Å². The molecule has 72 valence electrons. The Morgan fingerprint density at radius 3 is 3.00 bits per heavy atom. The smallest absolute Gasteiger partial charge is 0.325 e. The summed E-state index contributed by atoms with van der Waals surface area (Å²) >= 11 is 1.59. The summed E-state index contributed by atoms with van der Waals surface area (Å²) in [5.41, 5.74) is 0.964. The second kappa shape index (κ2) is 4.87. The zero-order valence-corrected chi connectivity index (χ0v) is 8.56. The van der Waals surface area contributed by atoms with Crippen molar-refractivity contribution < 1.29 is 9.53 Å². The zero-order valence-electron chi connectivity index (χ0n) is 7.74. The fourth-order valence-corrected chi connectivity index (χ4v) is 1.46. The van der Waals surface area contributed by atoms with Crippen molar-refractivity contribution in [3.8, 4) is 0 Å². The van der Waals surface area contributed by atoms with E-state index in [0.717, 1.165) is 5.69 Å². The largest absolute Gasteiger partial charge is 0.462 e. The number of rotatable bonds is 4. The minimum Gasteiger partial charge on any atom is -0.462 e. The Kier molecular flexibility index (Phi) is 3.76. The summed E-state index contributed by atoms with van der Waals surface area (Å²) < 4.78 is 4.95. The van der Waals surface area contributed by atoms with Crippen LogP contribution in [0.3, 0.4) is 0 Å². The molecule has 4 heteroatoms. The Labute approximate surface area is 81.7 Å². The molecule has 1 N–H and O–H groups in total. The predicted octanol–water partition coefficient (Wildman–Crippen LogP) is 2.11. The Bertz CT molecular complexity index is 257. The summed E-state index contributed by atoms with van der Waals surface area (Å²) in [4.78, 5) is 11.1. The molecule has 0 aliphatic rings. The molecular weight excluding hydrogens is 186 g/mol. The Hall–Kier alpha value is -1.03. The molecule has 0 aliphatic heterocycles. The van der Waals surface area contributed by atoms with Gasteiger partial charge in [-0.05, 0) is 25.3 Å². The molecule has 3 nitrogen and oxygen atoms in total. The lowest BCUT2D eigenvalue weighted by Crippen LogP contribution is -2.19. The van der Waals surface area contributed by atoms with Crippen LogP contribution >= 0.6 is 11.3 Å². The Morgan fingerprint density at radius 1 is 1.69 bits per heavy atom. The molecule has 0 bridgehead atoms. The number of ether oxygens (including phenoxy) is 1. The van der Waals surface area contributed by atoms with Gasteiger partial charge in [0, 0.05) is 11.1 Å². The van der Waals surface area contributed by atoms with E-state index in [1.54, 1.807) is 11.3 Å². The van der Waals surface area contributed by atoms with Gasteiger partial charge in [0.2, 0.25) is 0 Å². The number of hydrogen-bond acceptors (Lipinski definition) is 4. The van der Waals surface area contributed by atoms with Gasteiger partial charge in [-0.15, -0.1) is 0 Å². The van der Waals surface area contributed by atoms with Gasteiger partial charge in [0.1, 0.15) is 6.54 Å². The molecule has 0 spiro atoms. The first-order valence-electron chi connectivity index (χ1n) is 4.14. The van der Waals surface area contributed by atoms with E-state index >= 15 is 0 Å². The van der Waals surface area contributed by atoms with E-state index in [1.807, 2.05) is 30.7 Å². The molecule has 0 aromatic carbocycles. The first-order valence-corrected chi connectivity index (χ1v) is 5.08. The van der Waals surface area contributed by atoms with E-state index in [-0.39, 0.29) is 18.6 Å². The second-order valence-electron chi connectivity index (χ2n) is 2.90. The molecule has 13 heavy (non-hydrogen) atoms. The van der Waals surface area contributed by atoms with Crippen LogP contribution in [0.25, 0.3) is 0 Å². The average Bonchev–Trinajstić information content (AvgIpc) is 2.51. The quantitative estimate of drug-likeness (QED) is 0.755. The van der Waals surface area contributed by atoms with Gasteiger partial charge in [-0.1, -0.05) is 0 Å². The van der Waals surface area contributed by atoms with Crippen molar-refractivity contribution in [3.63, 3.8) is 0 Å². The van der Waals surface area contributed by atoms with Crippen molar-refractivity contribution >= 4 is 23.0 Å². The van der Waals surface area contributed by atoms with Gasteiger partial charge in [-0.25, -0.2) is 0 Å². The van der Waals surface area contributed by atoms with E-state index in [0.29, 0.717) is 0 Å². The third-order valence-corrected chi connectivity index (χ3v) is 2.01. The van der Waals surface area contributed by atoms with Gasteiger partial charge in [0.25, 0.3) is 0 Å². The van der Waals surface area contributed by atoms with E-state index in [9.17, 15) is 4.79 Å². The van der Waals surface area contributed by atoms with Crippen LogP contribution in [0.4, 0.5) is 5.69 Å². The van der Waals surface area contributed by atoms with E-state index in [1.165, 1.54) is 0 Å². The molecule has 1 aromatic heterocycles. The van der Waals surface area contributed by atoms with Crippen LogP contribution in [0.2, 0.25) is 0 Å². The minimum absolute atomic E-state index is 0.0447. The molecule has 1 aromatic rings. The summed E-state index contributed by atoms with van der Waals surface area (Å²) in [5.74, 6) is -0.221. The highest BCUT2D eigenvalue weighted by atomic mass is 32.1. The molecule has 0 unspecified atom stereocenters. The predicted molar refractivity (Wildman–Crippen MR) is 54.0 cm³/mol. The monoisotopic (exact) mass is 199 g/mol. The van der Waals surface area contributed by atoms with Crippen molar-refractivity contribution in [2.24, 2.45) is 0 Å². The molecule has 0 atom stereocenters. The van der Waals surface area contributed by atoms with Crippen molar-refractivity contribution in [1.29, 1.82) is 0 Å². The van der Waals surface area contributed by atoms with E-state index < -0.39 is 0 Å². The van der Waals surface area contributed by atoms with Crippen LogP contribution in [0.1, 0.15) is 13.8 Å². The van der Waals surface area contributed by atoms with Crippen molar-refractivity contribution in [3.05, 3.63) is 16.8 Å². The normalized spacial score (nSPS) is 10.1. The van der Waals surface area contributed by atoms with E-state index in [2.05, 4.69) is 5.32 Å². The van der Waals surface area contributed by atoms with Crippen molar-refractivity contribution in [2.75, 3.05) is 11.9 Å². The first-order chi connectivity index (χ1) is 6.18. The molecule has 1 heterocycles. The summed E-state index contributed by atoms with van der Waals surface area (Å²) in [5, 5.41) is 6.87. The van der Waals surface area contributed by atoms with Gasteiger partial charge in [-0.2, -0.15) is 11.3 Å². The number of anilines is 1. The highest BCUT2D eigenvalue weighted by Crippen LogP contribution is 2.10. The lowest BCUT2D eigenvalue weighted by Gasteiger charge is -2.08. The lowest BCUT2D eigenvalue weighted by molar-refractivity contribution is -0.145. The molecule has 0 saturated heterocycles. The van der Waals surface area contributed by atoms with Crippen LogP contribution in [0.5, 0.6) is 0 Å². The maximum Gasteiger partial charge on any atom is 0.325 e. The molecule has 0 saturated carbocycles. The third-order valence-electron chi connectivity index (χ3n) is 1.33. The fraction of sp³-hybridized carbons (Fsp3) is 0.444. The number of hydrogen-bond donors (Lipinski definition) is 1. The number of carbonyl (C=O) groups is 1. The standard InChI is InChI=1S/C9H13NO2S/c1-7(2)12-9(11)5-10-8-3-4-13-6-8/h3-4,6-7,10H,5H2,1-2H3. The Balaban J connectivity index is 2.23. The third kappa shape index (κ3) is 3.94. The molecule has 0 aliphatic carbocycles. The van der Waals surface area contributed by atoms with E-state index in [4.69, 9.17) is 4.74 Å². The number of carbonyl (C=O) groups excluding carboxylic acids is 1. The van der Waals surface area contributed by atoms with Crippen LogP contribution in [0.15, 0.2) is 16.8 Å².